The molecule has 2 aliphatic rings. The van der Waals surface area contributed by atoms with E-state index in [4.69, 9.17) is 4.98 Å². The number of rotatable bonds is 2. The largest absolute Gasteiger partial charge is 0.256 e. The second kappa shape index (κ2) is 10.4. The van der Waals surface area contributed by atoms with Gasteiger partial charge in [0, 0.05) is 21.3 Å². The number of fused-ring (bicyclic) bond motifs is 17. The molecule has 0 fully saturated rings. The second-order valence-corrected chi connectivity index (χ2v) is 15.2. The Morgan fingerprint density at radius 3 is 1.77 bits per heavy atom. The third-order valence-electron chi connectivity index (χ3n) is 11.7. The Kier molecular flexibility index (Phi) is 5.65. The molecule has 1 spiro atoms. The van der Waals surface area contributed by atoms with Crippen LogP contribution in [0.2, 0.25) is 0 Å². The van der Waals surface area contributed by atoms with Crippen LogP contribution in [0.1, 0.15) is 22.3 Å². The zero-order valence-electron chi connectivity index (χ0n) is 28.1. The first kappa shape index (κ1) is 28.4. The summed E-state index contributed by atoms with van der Waals surface area (Å²) in [7, 11) is 0. The monoisotopic (exact) mass is 675 g/mol. The van der Waals surface area contributed by atoms with E-state index in [1.807, 2.05) is 17.5 Å². The lowest BCUT2D eigenvalue weighted by molar-refractivity contribution is 0.800. The van der Waals surface area contributed by atoms with E-state index >= 15 is 0 Å². The minimum atomic E-state index is -0.454. The molecule has 240 valence electrons. The van der Waals surface area contributed by atoms with E-state index in [1.54, 1.807) is 0 Å². The second-order valence-electron chi connectivity index (χ2n) is 14.2. The molecule has 12 rings (SSSR count). The predicted octanol–water partition coefficient (Wildman–Crippen LogP) is 13.4. The number of hydrogen-bond donors (Lipinski definition) is 0. The standard InChI is InChI=1S/C50H29NS/c1-2-13-30(14-3-1)39-28-41-35-18-7-5-16-33(35)40(29-42(41)34-17-6-4-15-32(34)39)31-24-25-36-45(27-31)50(44-22-12-26-51-48(36)44)43-21-10-8-19-37(43)49-47(50)38-20-9-11-23-46(38)52-49/h1-29H. The predicted molar refractivity (Wildman–Crippen MR) is 219 cm³/mol. The molecule has 52 heavy (non-hydrogen) atoms. The van der Waals surface area contributed by atoms with Crippen molar-refractivity contribution in [2.45, 2.75) is 5.41 Å². The number of pyridine rings is 1. The van der Waals surface area contributed by atoms with Crippen LogP contribution in [-0.2, 0) is 5.41 Å². The normalized spacial score (nSPS) is 15.4. The topological polar surface area (TPSA) is 12.9 Å². The van der Waals surface area contributed by atoms with E-state index in [0.29, 0.717) is 0 Å². The van der Waals surface area contributed by atoms with Crippen molar-refractivity contribution in [2.75, 3.05) is 0 Å². The maximum atomic E-state index is 5.09. The van der Waals surface area contributed by atoms with Gasteiger partial charge in [0.25, 0.3) is 0 Å². The molecule has 1 atom stereocenters. The third-order valence-corrected chi connectivity index (χ3v) is 12.9. The Bertz CT molecular complexity index is 3130. The third kappa shape index (κ3) is 3.55. The van der Waals surface area contributed by atoms with E-state index in [-0.39, 0.29) is 0 Å². The maximum Gasteiger partial charge on any atom is 0.0756 e. The van der Waals surface area contributed by atoms with E-state index in [1.165, 1.54) is 103 Å². The van der Waals surface area contributed by atoms with Crippen LogP contribution in [0.4, 0.5) is 0 Å². The number of nitrogens with zero attached hydrogens (tertiary/aromatic N) is 1. The smallest absolute Gasteiger partial charge is 0.0756 e. The minimum absolute atomic E-state index is 0.454. The Morgan fingerprint density at radius 1 is 0.385 bits per heavy atom. The first-order chi connectivity index (χ1) is 25.8. The van der Waals surface area contributed by atoms with E-state index in [2.05, 4.69) is 170 Å². The lowest BCUT2D eigenvalue weighted by Crippen LogP contribution is -2.26. The van der Waals surface area contributed by atoms with Crippen molar-refractivity contribution in [3.8, 4) is 44.0 Å². The van der Waals surface area contributed by atoms with Crippen LogP contribution >= 0.6 is 11.3 Å². The van der Waals surface area contributed by atoms with Crippen molar-refractivity contribution in [3.05, 3.63) is 198 Å². The SMILES string of the molecule is c1ccc(-c2cc3c4ccccc4c(-c4ccc5c(c4)C4(c6ccccc6-c6sc7ccccc7c64)c4cccnc4-5)cc3c3ccccc23)cc1. The summed E-state index contributed by atoms with van der Waals surface area (Å²) < 4.78 is 1.33. The van der Waals surface area contributed by atoms with Crippen molar-refractivity contribution >= 4 is 53.7 Å². The highest BCUT2D eigenvalue weighted by molar-refractivity contribution is 7.22. The van der Waals surface area contributed by atoms with Crippen LogP contribution < -0.4 is 0 Å². The summed E-state index contributed by atoms with van der Waals surface area (Å²) in [4.78, 5) is 6.47. The Morgan fingerprint density at radius 2 is 1.00 bits per heavy atom. The molecule has 0 radical (unpaired) electrons. The van der Waals surface area contributed by atoms with Crippen LogP contribution in [0.25, 0.3) is 86.4 Å². The molecule has 0 aliphatic heterocycles. The maximum absolute atomic E-state index is 5.09. The zero-order chi connectivity index (χ0) is 34.0. The number of benzene rings is 8. The molecule has 0 saturated heterocycles. The van der Waals surface area contributed by atoms with Gasteiger partial charge in [-0.05, 0) is 118 Å². The van der Waals surface area contributed by atoms with Gasteiger partial charge in [-0.15, -0.1) is 11.3 Å². The van der Waals surface area contributed by atoms with E-state index in [9.17, 15) is 0 Å². The lowest BCUT2D eigenvalue weighted by atomic mass is 9.70. The van der Waals surface area contributed by atoms with E-state index in [0.717, 1.165) is 5.69 Å². The summed E-state index contributed by atoms with van der Waals surface area (Å²) in [5, 5.41) is 8.99. The molecule has 0 amide bonds. The first-order valence-electron chi connectivity index (χ1n) is 18.0. The fourth-order valence-electron chi connectivity index (χ4n) is 9.65. The molecule has 2 aromatic heterocycles. The average Bonchev–Trinajstić information content (AvgIpc) is 3.84. The van der Waals surface area contributed by atoms with Gasteiger partial charge in [-0.3, -0.25) is 4.98 Å². The fraction of sp³-hybridized carbons (Fsp3) is 0.0200. The number of thiophene rings is 1. The van der Waals surface area contributed by atoms with Gasteiger partial charge in [-0.1, -0.05) is 140 Å². The van der Waals surface area contributed by atoms with Gasteiger partial charge >= 0.3 is 0 Å². The molecule has 0 bridgehead atoms. The molecule has 2 heteroatoms. The lowest BCUT2D eigenvalue weighted by Gasteiger charge is -2.30. The van der Waals surface area contributed by atoms with Crippen LogP contribution in [0, 0.1) is 0 Å². The summed E-state index contributed by atoms with van der Waals surface area (Å²) >= 11 is 1.92. The van der Waals surface area contributed by atoms with Crippen LogP contribution in [0.3, 0.4) is 0 Å². The molecule has 0 N–H and O–H groups in total. The van der Waals surface area contributed by atoms with Gasteiger partial charge in [0.15, 0.2) is 0 Å². The van der Waals surface area contributed by atoms with Gasteiger partial charge in [-0.25, -0.2) is 0 Å². The van der Waals surface area contributed by atoms with Crippen molar-refractivity contribution in [1.82, 2.24) is 4.98 Å². The summed E-state index contributed by atoms with van der Waals surface area (Å²) in [6, 6.07) is 63.2. The molecule has 8 aromatic carbocycles. The highest BCUT2D eigenvalue weighted by atomic mass is 32.1. The summed E-state index contributed by atoms with van der Waals surface area (Å²) in [5.41, 5.74) is 13.5. The molecule has 1 unspecified atom stereocenters. The van der Waals surface area contributed by atoms with Crippen LogP contribution in [-0.4, -0.2) is 4.98 Å². The highest BCUT2D eigenvalue weighted by Crippen LogP contribution is 2.66. The average molecular weight is 676 g/mol. The van der Waals surface area contributed by atoms with Gasteiger partial charge in [0.05, 0.1) is 11.1 Å². The summed E-state index contributed by atoms with van der Waals surface area (Å²) in [5.74, 6) is 0. The fourth-order valence-corrected chi connectivity index (χ4v) is 11.0. The van der Waals surface area contributed by atoms with Crippen molar-refractivity contribution in [3.63, 3.8) is 0 Å². The molecular weight excluding hydrogens is 647 g/mol. The molecule has 10 aromatic rings. The Balaban J connectivity index is 1.19. The minimum Gasteiger partial charge on any atom is -0.256 e. The van der Waals surface area contributed by atoms with Gasteiger partial charge < -0.3 is 0 Å². The Hall–Kier alpha value is -6.35. The first-order valence-corrected chi connectivity index (χ1v) is 18.8. The van der Waals surface area contributed by atoms with Gasteiger partial charge in [0.2, 0.25) is 0 Å². The van der Waals surface area contributed by atoms with E-state index < -0.39 is 5.41 Å². The van der Waals surface area contributed by atoms with Gasteiger partial charge in [0.1, 0.15) is 0 Å². The zero-order valence-corrected chi connectivity index (χ0v) is 28.9. The van der Waals surface area contributed by atoms with Crippen LogP contribution in [0.5, 0.6) is 0 Å². The Labute approximate surface area is 305 Å². The molecule has 2 heterocycles. The molecule has 0 saturated carbocycles. The molecular formula is C50H29NS. The van der Waals surface area contributed by atoms with Crippen molar-refractivity contribution in [1.29, 1.82) is 0 Å². The summed E-state index contributed by atoms with van der Waals surface area (Å²) in [6.45, 7) is 0. The van der Waals surface area contributed by atoms with Crippen LogP contribution in [0.15, 0.2) is 176 Å². The molecule has 2 aliphatic carbocycles. The summed E-state index contributed by atoms with van der Waals surface area (Å²) in [6.07, 6.45) is 1.95. The number of aromatic nitrogens is 1. The van der Waals surface area contributed by atoms with Gasteiger partial charge in [-0.2, -0.15) is 0 Å². The number of hydrogen-bond acceptors (Lipinski definition) is 2. The highest BCUT2D eigenvalue weighted by Gasteiger charge is 2.54. The van der Waals surface area contributed by atoms with Crippen molar-refractivity contribution < 1.29 is 0 Å². The quantitative estimate of drug-likeness (QED) is 0.166. The molecule has 1 nitrogen and oxygen atoms in total. The van der Waals surface area contributed by atoms with Crippen molar-refractivity contribution in [2.24, 2.45) is 0 Å².